The van der Waals surface area contributed by atoms with Gasteiger partial charge in [-0.25, -0.2) is 0 Å². The van der Waals surface area contributed by atoms with Gasteiger partial charge in [0.15, 0.2) is 29.7 Å². The molecule has 10 heteroatoms. The Morgan fingerprint density at radius 1 is 1.25 bits per heavy atom. The van der Waals surface area contributed by atoms with Crippen molar-refractivity contribution in [2.75, 3.05) is 24.5 Å². The highest BCUT2D eigenvalue weighted by molar-refractivity contribution is 8.01. The average molecular weight is 406 g/mol. The molecule has 0 aliphatic carbocycles. The maximum atomic E-state index is 12.1. The molecule has 1 aliphatic heterocycles. The summed E-state index contributed by atoms with van der Waals surface area (Å²) in [5, 5.41) is 5.74. The molecule has 1 aliphatic rings. The molecule has 148 valence electrons. The maximum Gasteiger partial charge on any atom is 0.316 e. The smallest absolute Gasteiger partial charge is 0.316 e. The number of thioether (sulfide) groups is 1. The second-order valence-electron chi connectivity index (χ2n) is 5.92. The van der Waals surface area contributed by atoms with Crippen molar-refractivity contribution >= 4 is 35.2 Å². The average Bonchev–Trinajstić information content (AvgIpc) is 3.31. The van der Waals surface area contributed by atoms with Gasteiger partial charge in [-0.3, -0.25) is 14.4 Å². The summed E-state index contributed by atoms with van der Waals surface area (Å²) < 4.78 is 20.2. The van der Waals surface area contributed by atoms with Crippen LogP contribution >= 0.6 is 11.8 Å². The predicted octanol–water partition coefficient (Wildman–Crippen LogP) is 2.20. The van der Waals surface area contributed by atoms with Gasteiger partial charge in [-0.15, -0.1) is 11.8 Å². The van der Waals surface area contributed by atoms with E-state index in [2.05, 4.69) is 10.5 Å². The number of hydrogen-bond donors (Lipinski definition) is 1. The van der Waals surface area contributed by atoms with Gasteiger partial charge in [0.25, 0.3) is 0 Å². The predicted molar refractivity (Wildman–Crippen MR) is 99.6 cm³/mol. The van der Waals surface area contributed by atoms with Crippen LogP contribution in [0, 0.1) is 6.92 Å². The molecular formula is C18H18N2O7S. The monoisotopic (exact) mass is 406 g/mol. The summed E-state index contributed by atoms with van der Waals surface area (Å²) in [6, 6.07) is 6.34. The minimum absolute atomic E-state index is 0.0686. The molecule has 1 N–H and O–H groups in total. The normalized spacial score (nSPS) is 13.1. The fraction of sp³-hybridized carbons (Fsp3) is 0.333. The fourth-order valence-electron chi connectivity index (χ4n) is 2.26. The van der Waals surface area contributed by atoms with Gasteiger partial charge in [0, 0.05) is 11.6 Å². The second kappa shape index (κ2) is 8.79. The number of carbonyl (C=O) groups is 3. The Balaban J connectivity index is 1.40. The van der Waals surface area contributed by atoms with Crippen LogP contribution in [0.5, 0.6) is 11.5 Å². The van der Waals surface area contributed by atoms with E-state index in [1.54, 1.807) is 38.1 Å². The Kier molecular flexibility index (Phi) is 6.19. The number of rotatable bonds is 8. The number of ketones is 1. The molecule has 0 fully saturated rings. The zero-order chi connectivity index (χ0) is 20.1. The summed E-state index contributed by atoms with van der Waals surface area (Å²) in [7, 11) is 0. The molecule has 0 radical (unpaired) electrons. The van der Waals surface area contributed by atoms with E-state index in [9.17, 15) is 14.4 Å². The largest absolute Gasteiger partial charge is 0.457 e. The number of nitrogens with zero attached hydrogens (tertiary/aromatic N) is 1. The van der Waals surface area contributed by atoms with Crippen LogP contribution in [0.25, 0.3) is 0 Å². The molecule has 0 saturated heterocycles. The lowest BCUT2D eigenvalue weighted by Crippen LogP contribution is -2.24. The third-order valence-corrected chi connectivity index (χ3v) is 4.87. The van der Waals surface area contributed by atoms with E-state index >= 15 is 0 Å². The molecular weight excluding hydrogens is 388 g/mol. The Hall–Kier alpha value is -3.01. The second-order valence-corrected chi connectivity index (χ2v) is 7.25. The van der Waals surface area contributed by atoms with Crippen molar-refractivity contribution in [1.82, 2.24) is 5.16 Å². The zero-order valence-electron chi connectivity index (χ0n) is 15.2. The molecule has 0 saturated carbocycles. The minimum atomic E-state index is -0.587. The SMILES string of the molecule is Cc1cc(NC(=O)[C@H](C)SCC(=O)OCC(=O)c2ccc3c(c2)OCO3)no1. The van der Waals surface area contributed by atoms with Crippen molar-refractivity contribution in [2.24, 2.45) is 0 Å². The number of amides is 1. The summed E-state index contributed by atoms with van der Waals surface area (Å²) in [5.74, 6) is 0.606. The van der Waals surface area contributed by atoms with Crippen molar-refractivity contribution in [2.45, 2.75) is 19.1 Å². The number of benzene rings is 1. The number of aryl methyl sites for hydroxylation is 1. The van der Waals surface area contributed by atoms with Gasteiger partial charge >= 0.3 is 5.97 Å². The molecule has 1 aromatic heterocycles. The molecule has 28 heavy (non-hydrogen) atoms. The quantitative estimate of drug-likeness (QED) is 0.520. The molecule has 0 spiro atoms. The van der Waals surface area contributed by atoms with Crippen molar-refractivity contribution in [1.29, 1.82) is 0 Å². The standard InChI is InChI=1S/C18H18N2O7S/c1-10-5-16(20-27-10)19-18(23)11(2)28-8-17(22)24-7-13(21)12-3-4-14-15(6-12)26-9-25-14/h3-6,11H,7-9H2,1-2H3,(H,19,20,23)/t11-/m0/s1. The molecule has 1 atom stereocenters. The van der Waals surface area contributed by atoms with Crippen molar-refractivity contribution in [3.63, 3.8) is 0 Å². The van der Waals surface area contributed by atoms with Crippen LogP contribution in [0.3, 0.4) is 0 Å². The molecule has 2 heterocycles. The number of anilines is 1. The van der Waals surface area contributed by atoms with E-state index in [0.717, 1.165) is 11.8 Å². The summed E-state index contributed by atoms with van der Waals surface area (Å²) in [5.41, 5.74) is 0.361. The lowest BCUT2D eigenvalue weighted by Gasteiger charge is -2.10. The van der Waals surface area contributed by atoms with Crippen molar-refractivity contribution < 1.29 is 33.1 Å². The lowest BCUT2D eigenvalue weighted by molar-refractivity contribution is -0.139. The Morgan fingerprint density at radius 3 is 2.79 bits per heavy atom. The maximum absolute atomic E-state index is 12.1. The molecule has 3 rings (SSSR count). The summed E-state index contributed by atoms with van der Waals surface area (Å²) in [4.78, 5) is 36.0. The zero-order valence-corrected chi connectivity index (χ0v) is 16.0. The van der Waals surface area contributed by atoms with Crippen LogP contribution in [0.1, 0.15) is 23.0 Å². The first kappa shape index (κ1) is 19.7. The van der Waals surface area contributed by atoms with Crippen molar-refractivity contribution in [3.8, 4) is 11.5 Å². The van der Waals surface area contributed by atoms with Gasteiger partial charge in [0.2, 0.25) is 12.7 Å². The first-order valence-corrected chi connectivity index (χ1v) is 9.41. The number of nitrogens with one attached hydrogen (secondary N) is 1. The summed E-state index contributed by atoms with van der Waals surface area (Å²) >= 11 is 1.09. The Labute approximate surface area is 164 Å². The van der Waals surface area contributed by atoms with E-state index in [-0.39, 0.29) is 24.2 Å². The molecule has 0 bridgehead atoms. The van der Waals surface area contributed by atoms with E-state index < -0.39 is 17.8 Å². The van der Waals surface area contributed by atoms with Crippen LogP contribution in [0.15, 0.2) is 28.8 Å². The number of fused-ring (bicyclic) bond motifs is 1. The Bertz CT molecular complexity index is 896. The molecule has 1 aromatic carbocycles. The van der Waals surface area contributed by atoms with E-state index in [1.807, 2.05) is 0 Å². The van der Waals surface area contributed by atoms with Crippen LogP contribution in [-0.4, -0.2) is 47.2 Å². The number of Topliss-reactive ketones (excluding diaryl/α,β-unsaturated/α-hetero) is 1. The highest BCUT2D eigenvalue weighted by atomic mass is 32.2. The van der Waals surface area contributed by atoms with Gasteiger partial charge in [-0.2, -0.15) is 0 Å². The van der Waals surface area contributed by atoms with Crippen LogP contribution in [0.2, 0.25) is 0 Å². The first-order valence-electron chi connectivity index (χ1n) is 8.36. The third-order valence-electron chi connectivity index (χ3n) is 3.76. The van der Waals surface area contributed by atoms with Gasteiger partial charge in [-0.1, -0.05) is 5.16 Å². The van der Waals surface area contributed by atoms with Crippen molar-refractivity contribution in [3.05, 3.63) is 35.6 Å². The topological polar surface area (TPSA) is 117 Å². The van der Waals surface area contributed by atoms with Crippen LogP contribution in [-0.2, 0) is 14.3 Å². The van der Waals surface area contributed by atoms with E-state index in [1.165, 1.54) is 0 Å². The number of hydrogen-bond acceptors (Lipinski definition) is 9. The van der Waals surface area contributed by atoms with E-state index in [0.29, 0.717) is 28.6 Å². The summed E-state index contributed by atoms with van der Waals surface area (Å²) in [6.45, 7) is 3.08. The van der Waals surface area contributed by atoms with Gasteiger partial charge in [0.1, 0.15) is 5.76 Å². The number of carbonyl (C=O) groups excluding carboxylic acids is 3. The highest BCUT2D eigenvalue weighted by Crippen LogP contribution is 2.32. The number of esters is 1. The lowest BCUT2D eigenvalue weighted by atomic mass is 10.1. The van der Waals surface area contributed by atoms with Gasteiger partial charge < -0.3 is 24.1 Å². The molecule has 9 nitrogen and oxygen atoms in total. The Morgan fingerprint density at radius 2 is 2.04 bits per heavy atom. The fourth-order valence-corrected chi connectivity index (χ4v) is 2.94. The molecule has 2 aromatic rings. The van der Waals surface area contributed by atoms with Crippen LogP contribution in [0.4, 0.5) is 5.82 Å². The van der Waals surface area contributed by atoms with E-state index in [4.69, 9.17) is 18.7 Å². The first-order chi connectivity index (χ1) is 13.4. The third kappa shape index (κ3) is 5.03. The van der Waals surface area contributed by atoms with Gasteiger partial charge in [-0.05, 0) is 32.0 Å². The molecule has 0 unspecified atom stereocenters. The number of ether oxygens (including phenoxy) is 3. The summed E-state index contributed by atoms with van der Waals surface area (Å²) in [6.07, 6.45) is 0. The van der Waals surface area contributed by atoms with Gasteiger partial charge in [0.05, 0.1) is 11.0 Å². The minimum Gasteiger partial charge on any atom is -0.457 e. The number of aromatic nitrogens is 1. The highest BCUT2D eigenvalue weighted by Gasteiger charge is 2.19. The molecule has 1 amide bonds. The van der Waals surface area contributed by atoms with Crippen LogP contribution < -0.4 is 14.8 Å².